The number of rotatable bonds is 10. The van der Waals surface area contributed by atoms with Gasteiger partial charge in [0.15, 0.2) is 5.69 Å². The van der Waals surface area contributed by atoms with Gasteiger partial charge in [0.25, 0.3) is 5.91 Å². The summed E-state index contributed by atoms with van der Waals surface area (Å²) in [5.74, 6) is -0.0990. The van der Waals surface area contributed by atoms with Crippen LogP contribution in [0.3, 0.4) is 0 Å². The number of aryl methyl sites for hydroxylation is 1. The van der Waals surface area contributed by atoms with E-state index in [1.807, 2.05) is 4.57 Å². The monoisotopic (exact) mass is 672 g/mol. The van der Waals surface area contributed by atoms with Gasteiger partial charge in [-0.2, -0.15) is 13.2 Å². The fraction of sp³-hybridized carbons (Fsp3) is 0.406. The first-order valence-electron chi connectivity index (χ1n) is 15.2. The van der Waals surface area contributed by atoms with Crippen molar-refractivity contribution in [3.63, 3.8) is 0 Å². The van der Waals surface area contributed by atoms with E-state index >= 15 is 0 Å². The Morgan fingerprint density at radius 2 is 1.94 bits per heavy atom. The van der Waals surface area contributed by atoms with Crippen LogP contribution in [0.5, 0.6) is 0 Å². The normalized spacial score (nSPS) is 14.0. The molecule has 0 unspecified atom stereocenters. The van der Waals surface area contributed by atoms with Gasteiger partial charge in [0.2, 0.25) is 5.43 Å². The van der Waals surface area contributed by atoms with Gasteiger partial charge in [0.05, 0.1) is 12.1 Å². The fourth-order valence-corrected chi connectivity index (χ4v) is 6.26. The first kappa shape index (κ1) is 34.0. The van der Waals surface area contributed by atoms with E-state index in [9.17, 15) is 27.6 Å². The molecule has 15 heteroatoms. The van der Waals surface area contributed by atoms with Crippen LogP contribution in [0.2, 0.25) is 0 Å². The zero-order valence-corrected chi connectivity index (χ0v) is 26.6. The molecule has 0 radical (unpaired) electrons. The number of carbonyl (C=O) groups excluding carboxylic acids is 2. The molecule has 1 saturated heterocycles. The number of thiazole rings is 1. The number of hydrogen-bond donors (Lipinski definition) is 4. The molecule has 3 aromatic heterocycles. The van der Waals surface area contributed by atoms with Crippen LogP contribution in [0.1, 0.15) is 49.2 Å². The molecule has 0 spiro atoms. The zero-order chi connectivity index (χ0) is 33.7. The first-order valence-corrected chi connectivity index (χ1v) is 16.1. The average Bonchev–Trinajstić information content (AvgIpc) is 3.55. The highest BCUT2D eigenvalue weighted by atomic mass is 32.1. The Balaban J connectivity index is 1.62. The van der Waals surface area contributed by atoms with Crippen molar-refractivity contribution in [2.75, 3.05) is 31.7 Å². The van der Waals surface area contributed by atoms with E-state index in [2.05, 4.69) is 25.9 Å². The van der Waals surface area contributed by atoms with Crippen LogP contribution in [0, 0.1) is 5.92 Å². The topological polar surface area (TPSA) is 147 Å². The number of benzene rings is 1. The molecule has 4 heterocycles. The van der Waals surface area contributed by atoms with E-state index in [0.717, 1.165) is 36.0 Å². The Bertz CT molecular complexity index is 1820. The van der Waals surface area contributed by atoms with E-state index in [-0.39, 0.29) is 41.0 Å². The summed E-state index contributed by atoms with van der Waals surface area (Å²) >= 11 is 0.806. The number of nitrogens with zero attached hydrogens (tertiary/aromatic N) is 3. The number of alkyl halides is 3. The molecular formula is C32H35F3N6O5S. The number of urea groups is 1. The number of fused-ring (bicyclic) bond motifs is 1. The van der Waals surface area contributed by atoms with Gasteiger partial charge in [-0.3, -0.25) is 14.9 Å². The molecule has 1 fully saturated rings. The Morgan fingerprint density at radius 3 is 2.62 bits per heavy atom. The molecule has 47 heavy (non-hydrogen) atoms. The SMILES string of the molecule is CC(C)NC(=O)Nc1cc(-c2nc(C(F)(F)F)cs2)c(-c2ccc3c(=O)c(C(=O)NCCO)cn(CCC4CCOCC4)c3c2)cn1. The van der Waals surface area contributed by atoms with E-state index in [0.29, 0.717) is 47.9 Å². The minimum atomic E-state index is -4.65. The summed E-state index contributed by atoms with van der Waals surface area (Å²) in [5.41, 5.74) is 0.198. The largest absolute Gasteiger partial charge is 0.434 e. The minimum Gasteiger partial charge on any atom is -0.395 e. The highest BCUT2D eigenvalue weighted by molar-refractivity contribution is 7.13. The average molecular weight is 673 g/mol. The van der Waals surface area contributed by atoms with Crippen LogP contribution in [0.4, 0.5) is 23.8 Å². The predicted molar refractivity (Wildman–Crippen MR) is 172 cm³/mol. The van der Waals surface area contributed by atoms with Crippen LogP contribution >= 0.6 is 11.3 Å². The van der Waals surface area contributed by atoms with Crippen molar-refractivity contribution in [2.24, 2.45) is 5.92 Å². The molecule has 4 aromatic rings. The van der Waals surface area contributed by atoms with Crippen LogP contribution in [-0.2, 0) is 17.5 Å². The van der Waals surface area contributed by atoms with Gasteiger partial charge in [0, 0.05) is 66.6 Å². The number of nitrogens with one attached hydrogen (secondary N) is 3. The lowest BCUT2D eigenvalue weighted by molar-refractivity contribution is -0.140. The van der Waals surface area contributed by atoms with Crippen molar-refractivity contribution < 1.29 is 32.6 Å². The number of carbonyl (C=O) groups is 2. The van der Waals surface area contributed by atoms with Crippen LogP contribution in [0.15, 0.2) is 46.8 Å². The lowest BCUT2D eigenvalue weighted by Crippen LogP contribution is -2.34. The third-order valence-electron chi connectivity index (χ3n) is 7.74. The molecule has 4 N–H and O–H groups in total. The third kappa shape index (κ3) is 8.15. The van der Waals surface area contributed by atoms with Crippen molar-refractivity contribution in [2.45, 2.75) is 51.9 Å². The second-order valence-corrected chi connectivity index (χ2v) is 12.4. The summed E-state index contributed by atoms with van der Waals surface area (Å²) < 4.78 is 47.9. The highest BCUT2D eigenvalue weighted by Crippen LogP contribution is 2.39. The summed E-state index contributed by atoms with van der Waals surface area (Å²) in [4.78, 5) is 47.0. The fourth-order valence-electron chi connectivity index (χ4n) is 5.40. The maximum atomic E-state index is 13.5. The van der Waals surface area contributed by atoms with Crippen molar-refractivity contribution in [1.82, 2.24) is 25.2 Å². The number of anilines is 1. The maximum absolute atomic E-state index is 13.5. The third-order valence-corrected chi connectivity index (χ3v) is 8.62. The number of pyridine rings is 2. The Hall–Kier alpha value is -4.34. The van der Waals surface area contributed by atoms with E-state index in [4.69, 9.17) is 9.84 Å². The quantitative estimate of drug-likeness (QED) is 0.179. The first-order chi connectivity index (χ1) is 22.4. The second-order valence-electron chi connectivity index (χ2n) is 11.5. The van der Waals surface area contributed by atoms with Gasteiger partial charge < -0.3 is 25.0 Å². The number of amides is 3. The predicted octanol–water partition coefficient (Wildman–Crippen LogP) is 5.27. The molecule has 0 saturated carbocycles. The lowest BCUT2D eigenvalue weighted by Gasteiger charge is -2.23. The maximum Gasteiger partial charge on any atom is 0.434 e. The Morgan fingerprint density at radius 1 is 1.17 bits per heavy atom. The molecule has 11 nitrogen and oxygen atoms in total. The number of aromatic nitrogens is 3. The van der Waals surface area contributed by atoms with E-state index in [1.165, 1.54) is 18.5 Å². The smallest absolute Gasteiger partial charge is 0.395 e. The van der Waals surface area contributed by atoms with Gasteiger partial charge in [-0.25, -0.2) is 14.8 Å². The van der Waals surface area contributed by atoms with Crippen molar-refractivity contribution in [3.05, 3.63) is 63.5 Å². The number of hydrogen-bond acceptors (Lipinski definition) is 8. The highest BCUT2D eigenvalue weighted by Gasteiger charge is 2.34. The molecule has 5 rings (SSSR count). The Labute approximate surface area is 272 Å². The van der Waals surface area contributed by atoms with Gasteiger partial charge in [0.1, 0.15) is 16.4 Å². The van der Waals surface area contributed by atoms with Crippen LogP contribution in [-0.4, -0.2) is 64.0 Å². The summed E-state index contributed by atoms with van der Waals surface area (Å²) in [6.45, 7) is 5.10. The number of ether oxygens (including phenoxy) is 1. The Kier molecular flexibility index (Phi) is 10.6. The van der Waals surface area contributed by atoms with Crippen molar-refractivity contribution in [3.8, 4) is 21.7 Å². The lowest BCUT2D eigenvalue weighted by atomic mass is 9.96. The van der Waals surface area contributed by atoms with Gasteiger partial charge in [-0.1, -0.05) is 6.07 Å². The van der Waals surface area contributed by atoms with Gasteiger partial charge in [-0.15, -0.1) is 11.3 Å². The standard InChI is InChI=1S/C32H35F3N6O5S/c1-18(2)38-31(45)40-27-14-22(30-39-26(17-47-30)32(33,34)35)23(15-37-27)20-3-4-21-25(13-20)41(9-5-19-6-11-46-12-7-19)16-24(28(21)43)29(44)36-8-10-42/h3-4,13-19,42H,5-12H2,1-2H3,(H,36,44)(H2,37,38,40,45). The summed E-state index contributed by atoms with van der Waals surface area (Å²) in [7, 11) is 0. The van der Waals surface area contributed by atoms with Crippen molar-refractivity contribution in [1.29, 1.82) is 0 Å². The molecule has 0 aliphatic carbocycles. The van der Waals surface area contributed by atoms with Crippen LogP contribution < -0.4 is 21.4 Å². The van der Waals surface area contributed by atoms with E-state index < -0.39 is 29.2 Å². The second kappa shape index (κ2) is 14.6. The number of aliphatic hydroxyl groups is 1. The molecule has 1 aromatic carbocycles. The number of halogens is 3. The summed E-state index contributed by atoms with van der Waals surface area (Å²) in [6, 6.07) is 5.73. The summed E-state index contributed by atoms with van der Waals surface area (Å²) in [6.07, 6.45) is 0.865. The molecule has 3 amide bonds. The molecule has 0 bridgehead atoms. The van der Waals surface area contributed by atoms with Gasteiger partial charge >= 0.3 is 12.2 Å². The number of aliphatic hydroxyl groups excluding tert-OH is 1. The van der Waals surface area contributed by atoms with Crippen LogP contribution in [0.25, 0.3) is 32.6 Å². The molecular weight excluding hydrogens is 637 g/mol. The molecule has 1 aliphatic rings. The minimum absolute atomic E-state index is 0.0100. The molecule has 1 aliphatic heterocycles. The summed E-state index contributed by atoms with van der Waals surface area (Å²) in [5, 5.41) is 18.3. The van der Waals surface area contributed by atoms with Gasteiger partial charge in [-0.05, 0) is 62.8 Å². The zero-order valence-electron chi connectivity index (χ0n) is 25.8. The molecule has 250 valence electrons. The molecule has 0 atom stereocenters. The van der Waals surface area contributed by atoms with E-state index in [1.54, 1.807) is 32.0 Å². The van der Waals surface area contributed by atoms with Crippen molar-refractivity contribution >= 4 is 40.0 Å².